The maximum absolute atomic E-state index is 11.9. The molecule has 0 amide bonds. The third kappa shape index (κ3) is 5.50. The summed E-state index contributed by atoms with van der Waals surface area (Å²) in [5.41, 5.74) is 0. The van der Waals surface area contributed by atoms with E-state index in [2.05, 4.69) is 20.0 Å². The van der Waals surface area contributed by atoms with Crippen LogP contribution in [0.2, 0.25) is 0 Å². The molecule has 0 spiro atoms. The largest absolute Gasteiger partial charge is 0.381 e. The second kappa shape index (κ2) is 8.03. The van der Waals surface area contributed by atoms with Gasteiger partial charge in [0.1, 0.15) is 4.90 Å². The first kappa shape index (κ1) is 15.8. The Bertz CT molecular complexity index is 461. The topological polar surface area (TPSA) is 93.2 Å². The number of nitrogens with zero attached hydrogens (tertiary/aromatic N) is 2. The fourth-order valence-electron chi connectivity index (χ4n) is 1.29. The van der Waals surface area contributed by atoms with Crippen LogP contribution in [0.1, 0.15) is 19.8 Å². The molecule has 0 atom stereocenters. The fourth-order valence-corrected chi connectivity index (χ4v) is 2.26. The highest BCUT2D eigenvalue weighted by atomic mass is 32.2. The lowest BCUT2D eigenvalue weighted by molar-refractivity contribution is 0.133. The van der Waals surface area contributed by atoms with E-state index in [1.807, 2.05) is 6.92 Å². The zero-order chi connectivity index (χ0) is 14.1. The van der Waals surface area contributed by atoms with E-state index in [-0.39, 0.29) is 4.90 Å². The Labute approximate surface area is 113 Å². The monoisotopic (exact) mass is 288 g/mol. The smallest absolute Gasteiger partial charge is 0.243 e. The summed E-state index contributed by atoms with van der Waals surface area (Å²) < 4.78 is 31.5. The molecule has 1 aromatic rings. The van der Waals surface area contributed by atoms with Gasteiger partial charge >= 0.3 is 0 Å². The molecular weight excluding hydrogens is 268 g/mol. The average molecular weight is 288 g/mol. The van der Waals surface area contributed by atoms with E-state index in [0.29, 0.717) is 32.1 Å². The standard InChI is InChI=1S/C11H20N4O3S/c1-3-6-18-7-4-5-15-19(16,17)10-8-13-11(12-2)14-9-10/h8-9,15H,3-7H2,1-2H3,(H,12,13,14). The molecule has 0 saturated carbocycles. The number of anilines is 1. The molecule has 0 fully saturated rings. The molecule has 0 aliphatic carbocycles. The van der Waals surface area contributed by atoms with Crippen molar-refractivity contribution >= 4 is 16.0 Å². The average Bonchev–Trinajstić information content (AvgIpc) is 2.43. The first-order valence-corrected chi connectivity index (χ1v) is 7.65. The Hall–Kier alpha value is -1.25. The van der Waals surface area contributed by atoms with Gasteiger partial charge in [0.15, 0.2) is 0 Å². The molecule has 1 heterocycles. The fraction of sp³-hybridized carbons (Fsp3) is 0.636. The minimum Gasteiger partial charge on any atom is -0.381 e. The van der Waals surface area contributed by atoms with Crippen LogP contribution in [-0.4, -0.2) is 45.2 Å². The van der Waals surface area contributed by atoms with Crippen molar-refractivity contribution in [1.82, 2.24) is 14.7 Å². The lowest BCUT2D eigenvalue weighted by Gasteiger charge is -2.07. The molecule has 7 nitrogen and oxygen atoms in total. The molecule has 8 heteroatoms. The zero-order valence-electron chi connectivity index (χ0n) is 11.2. The molecule has 1 rings (SSSR count). The SMILES string of the molecule is CCCOCCCNS(=O)(=O)c1cnc(NC)nc1. The summed E-state index contributed by atoms with van der Waals surface area (Å²) in [7, 11) is -1.87. The Kier molecular flexibility index (Phi) is 6.68. The van der Waals surface area contributed by atoms with Gasteiger partial charge in [-0.05, 0) is 12.8 Å². The minimum atomic E-state index is -3.54. The van der Waals surface area contributed by atoms with Crippen LogP contribution in [0.15, 0.2) is 17.3 Å². The quantitative estimate of drug-likeness (QED) is 0.647. The van der Waals surface area contributed by atoms with Gasteiger partial charge in [0.25, 0.3) is 0 Å². The third-order valence-electron chi connectivity index (χ3n) is 2.27. The van der Waals surface area contributed by atoms with Crippen molar-refractivity contribution in [2.45, 2.75) is 24.7 Å². The van der Waals surface area contributed by atoms with Crippen LogP contribution in [0.25, 0.3) is 0 Å². The zero-order valence-corrected chi connectivity index (χ0v) is 12.0. The summed E-state index contributed by atoms with van der Waals surface area (Å²) in [6.07, 6.45) is 4.14. The van der Waals surface area contributed by atoms with Crippen LogP contribution in [0.5, 0.6) is 0 Å². The molecule has 0 aliphatic rings. The van der Waals surface area contributed by atoms with Crippen molar-refractivity contribution < 1.29 is 13.2 Å². The van der Waals surface area contributed by atoms with Gasteiger partial charge < -0.3 is 10.1 Å². The highest BCUT2D eigenvalue weighted by molar-refractivity contribution is 7.89. The van der Waals surface area contributed by atoms with Crippen molar-refractivity contribution in [2.24, 2.45) is 0 Å². The predicted molar refractivity (Wildman–Crippen MR) is 72.5 cm³/mol. The van der Waals surface area contributed by atoms with Crippen molar-refractivity contribution in [2.75, 3.05) is 32.1 Å². The minimum absolute atomic E-state index is 0.0565. The number of rotatable bonds is 9. The maximum atomic E-state index is 11.9. The Morgan fingerprint density at radius 1 is 1.26 bits per heavy atom. The first-order valence-electron chi connectivity index (χ1n) is 6.17. The maximum Gasteiger partial charge on any atom is 0.243 e. The van der Waals surface area contributed by atoms with Gasteiger partial charge in [-0.25, -0.2) is 23.1 Å². The second-order valence-electron chi connectivity index (χ2n) is 3.86. The van der Waals surface area contributed by atoms with E-state index in [1.54, 1.807) is 7.05 Å². The van der Waals surface area contributed by atoms with Crippen LogP contribution in [0, 0.1) is 0 Å². The van der Waals surface area contributed by atoms with Crippen molar-refractivity contribution in [1.29, 1.82) is 0 Å². The number of sulfonamides is 1. The Morgan fingerprint density at radius 3 is 2.53 bits per heavy atom. The van der Waals surface area contributed by atoms with Gasteiger partial charge in [0, 0.05) is 26.8 Å². The number of hydrogen-bond donors (Lipinski definition) is 2. The third-order valence-corrected chi connectivity index (χ3v) is 3.68. The molecule has 0 saturated heterocycles. The van der Waals surface area contributed by atoms with Gasteiger partial charge in [0.05, 0.1) is 12.4 Å². The molecule has 0 aliphatic heterocycles. The van der Waals surface area contributed by atoms with Gasteiger partial charge in [-0.15, -0.1) is 0 Å². The molecule has 0 bridgehead atoms. The normalized spacial score (nSPS) is 11.5. The Balaban J connectivity index is 2.42. The van der Waals surface area contributed by atoms with Crippen LogP contribution < -0.4 is 10.0 Å². The number of hydrogen-bond acceptors (Lipinski definition) is 6. The molecule has 0 aromatic carbocycles. The number of nitrogens with one attached hydrogen (secondary N) is 2. The van der Waals surface area contributed by atoms with Crippen LogP contribution in [0.4, 0.5) is 5.95 Å². The molecular formula is C11H20N4O3S. The van der Waals surface area contributed by atoms with E-state index in [4.69, 9.17) is 4.74 Å². The van der Waals surface area contributed by atoms with Crippen molar-refractivity contribution in [3.8, 4) is 0 Å². The van der Waals surface area contributed by atoms with Crippen molar-refractivity contribution in [3.63, 3.8) is 0 Å². The van der Waals surface area contributed by atoms with Crippen LogP contribution in [0.3, 0.4) is 0 Å². The van der Waals surface area contributed by atoms with Gasteiger partial charge in [-0.2, -0.15) is 0 Å². The summed E-state index contributed by atoms with van der Waals surface area (Å²) in [5, 5.41) is 2.72. The Morgan fingerprint density at radius 2 is 1.95 bits per heavy atom. The molecule has 0 radical (unpaired) electrons. The summed E-state index contributed by atoms with van der Waals surface area (Å²) in [4.78, 5) is 7.79. The van der Waals surface area contributed by atoms with Crippen molar-refractivity contribution in [3.05, 3.63) is 12.4 Å². The highest BCUT2D eigenvalue weighted by Gasteiger charge is 2.14. The summed E-state index contributed by atoms with van der Waals surface area (Å²) in [6.45, 7) is 3.61. The number of ether oxygens (including phenoxy) is 1. The van der Waals surface area contributed by atoms with E-state index in [9.17, 15) is 8.42 Å². The second-order valence-corrected chi connectivity index (χ2v) is 5.62. The van der Waals surface area contributed by atoms with Gasteiger partial charge in [0.2, 0.25) is 16.0 Å². The number of aromatic nitrogens is 2. The molecule has 108 valence electrons. The van der Waals surface area contributed by atoms with E-state index in [0.717, 1.165) is 6.42 Å². The van der Waals surface area contributed by atoms with E-state index < -0.39 is 10.0 Å². The predicted octanol–water partition coefficient (Wildman–Crippen LogP) is 0.613. The summed E-state index contributed by atoms with van der Waals surface area (Å²) >= 11 is 0. The lowest BCUT2D eigenvalue weighted by Crippen LogP contribution is -2.26. The van der Waals surface area contributed by atoms with Crippen LogP contribution in [-0.2, 0) is 14.8 Å². The summed E-state index contributed by atoms with van der Waals surface area (Å²) in [5.74, 6) is 0.381. The lowest BCUT2D eigenvalue weighted by atomic mass is 10.4. The van der Waals surface area contributed by atoms with Crippen LogP contribution >= 0.6 is 0 Å². The van der Waals surface area contributed by atoms with E-state index in [1.165, 1.54) is 12.4 Å². The molecule has 2 N–H and O–H groups in total. The highest BCUT2D eigenvalue weighted by Crippen LogP contribution is 2.06. The molecule has 1 aromatic heterocycles. The first-order chi connectivity index (χ1) is 9.10. The molecule has 19 heavy (non-hydrogen) atoms. The molecule has 0 unspecified atom stereocenters. The summed E-state index contributed by atoms with van der Waals surface area (Å²) in [6, 6.07) is 0. The van der Waals surface area contributed by atoms with Gasteiger partial charge in [-0.3, -0.25) is 0 Å². The van der Waals surface area contributed by atoms with E-state index >= 15 is 0 Å². The van der Waals surface area contributed by atoms with Gasteiger partial charge in [-0.1, -0.05) is 6.92 Å².